The predicted octanol–water partition coefficient (Wildman–Crippen LogP) is 1.49. The van der Waals surface area contributed by atoms with Crippen LogP contribution in [0.2, 0.25) is 0 Å². The molecule has 0 aromatic heterocycles. The van der Waals surface area contributed by atoms with Crippen LogP contribution in [0.15, 0.2) is 12.1 Å². The number of likely N-dealkylation sites (tertiary alicyclic amines) is 2. The summed E-state index contributed by atoms with van der Waals surface area (Å²) in [5.41, 5.74) is 6.54. The minimum atomic E-state index is -0.927. The summed E-state index contributed by atoms with van der Waals surface area (Å²) in [6.45, 7) is 5.24. The van der Waals surface area contributed by atoms with E-state index in [1.54, 1.807) is 9.80 Å². The average molecular weight is 533 g/mol. The van der Waals surface area contributed by atoms with Gasteiger partial charge in [0.1, 0.15) is 0 Å². The van der Waals surface area contributed by atoms with Crippen LogP contribution in [0.4, 0.5) is 0 Å². The van der Waals surface area contributed by atoms with Gasteiger partial charge >= 0.3 is 5.97 Å². The summed E-state index contributed by atoms with van der Waals surface area (Å²) in [4.78, 5) is 44.0. The van der Waals surface area contributed by atoms with Gasteiger partial charge in [0.2, 0.25) is 24.4 Å². The third-order valence-electron chi connectivity index (χ3n) is 7.88. The minimum absolute atomic E-state index is 0.0563. The van der Waals surface area contributed by atoms with Crippen LogP contribution in [-0.2, 0) is 14.4 Å². The second kappa shape index (κ2) is 12.7. The van der Waals surface area contributed by atoms with Crippen LogP contribution in [0.5, 0.6) is 17.2 Å². The fourth-order valence-electron chi connectivity index (χ4n) is 5.92. The molecule has 2 saturated heterocycles. The van der Waals surface area contributed by atoms with E-state index >= 15 is 0 Å². The molecule has 0 radical (unpaired) electrons. The first-order valence-corrected chi connectivity index (χ1v) is 13.6. The first-order chi connectivity index (χ1) is 18.4. The fourth-order valence-corrected chi connectivity index (χ4v) is 5.92. The van der Waals surface area contributed by atoms with Crippen molar-refractivity contribution in [1.29, 1.82) is 0 Å². The van der Waals surface area contributed by atoms with Crippen LogP contribution in [0.1, 0.15) is 50.5 Å². The highest BCUT2D eigenvalue weighted by Crippen LogP contribution is 2.47. The van der Waals surface area contributed by atoms with Crippen LogP contribution in [0.25, 0.3) is 0 Å². The molecule has 3 aliphatic heterocycles. The van der Waals surface area contributed by atoms with E-state index in [1.165, 1.54) is 7.11 Å². The van der Waals surface area contributed by atoms with Gasteiger partial charge in [-0.1, -0.05) is 13.3 Å². The Morgan fingerprint density at radius 1 is 1.26 bits per heavy atom. The molecule has 4 rings (SSSR count). The summed E-state index contributed by atoms with van der Waals surface area (Å²) in [7, 11) is 1.54. The Kier molecular flexibility index (Phi) is 9.32. The number of hydrogen-bond donors (Lipinski definition) is 2. The van der Waals surface area contributed by atoms with Crippen molar-refractivity contribution in [3.63, 3.8) is 0 Å². The van der Waals surface area contributed by atoms with Gasteiger partial charge in [-0.2, -0.15) is 0 Å². The zero-order chi connectivity index (χ0) is 27.2. The predicted molar refractivity (Wildman–Crippen MR) is 139 cm³/mol. The van der Waals surface area contributed by atoms with E-state index in [9.17, 15) is 19.5 Å². The molecule has 210 valence electrons. The number of carboxylic acid groups (broad SMARTS) is 1. The standard InChI is InChI=1S/C27H40N4O7/c1-3-4-9-30(12-8-28)24(33)16-31-15-19(18-13-21(36-2)26-22(14-18)37-17-38-26)25(27(34)35)20(31)7-11-29-10-5-6-23(29)32/h13-14,19-20,25H,3-12,15-17,28H2,1-2H3,(H,34,35). The molecule has 2 fully saturated rings. The molecule has 0 spiro atoms. The number of unbranched alkanes of at least 4 members (excludes halogenated alkanes) is 1. The molecule has 0 bridgehead atoms. The van der Waals surface area contributed by atoms with Gasteiger partial charge in [-0.15, -0.1) is 0 Å². The lowest BCUT2D eigenvalue weighted by Gasteiger charge is -2.30. The second-order valence-corrected chi connectivity index (χ2v) is 10.2. The average Bonchev–Trinajstić information content (AvgIpc) is 3.63. The summed E-state index contributed by atoms with van der Waals surface area (Å²) in [5.74, 6) is -0.546. The van der Waals surface area contributed by atoms with Crippen LogP contribution in [-0.4, -0.2) is 103 Å². The molecule has 0 saturated carbocycles. The minimum Gasteiger partial charge on any atom is -0.493 e. The molecule has 1 aromatic carbocycles. The van der Waals surface area contributed by atoms with Gasteiger partial charge in [0.25, 0.3) is 0 Å². The molecule has 2 amide bonds. The number of nitrogens with zero attached hydrogens (tertiary/aromatic N) is 3. The highest BCUT2D eigenvalue weighted by molar-refractivity contribution is 5.79. The molecule has 11 heteroatoms. The Hall–Kier alpha value is -3.05. The highest BCUT2D eigenvalue weighted by Gasteiger charge is 2.48. The summed E-state index contributed by atoms with van der Waals surface area (Å²) in [6.07, 6.45) is 3.66. The number of amides is 2. The molecule has 3 atom stereocenters. The number of carbonyl (C=O) groups excluding carboxylic acids is 2. The van der Waals surface area contributed by atoms with Gasteiger partial charge in [0.05, 0.1) is 19.6 Å². The zero-order valence-corrected chi connectivity index (χ0v) is 22.4. The number of hydrogen-bond acceptors (Lipinski definition) is 8. The second-order valence-electron chi connectivity index (χ2n) is 10.2. The lowest BCUT2D eigenvalue weighted by molar-refractivity contribution is -0.144. The number of aliphatic carboxylic acids is 1. The third kappa shape index (κ3) is 5.99. The van der Waals surface area contributed by atoms with Gasteiger partial charge in [0, 0.05) is 57.6 Å². The van der Waals surface area contributed by atoms with Crippen molar-refractivity contribution in [3.05, 3.63) is 17.7 Å². The fraction of sp³-hybridized carbons (Fsp3) is 0.667. The number of ether oxygens (including phenoxy) is 3. The van der Waals surface area contributed by atoms with Crippen molar-refractivity contribution in [2.75, 3.05) is 59.7 Å². The molecule has 1 aromatic rings. The monoisotopic (exact) mass is 532 g/mol. The number of carbonyl (C=O) groups is 3. The number of methoxy groups -OCH3 is 1. The van der Waals surface area contributed by atoms with E-state index in [0.29, 0.717) is 69.4 Å². The number of fused-ring (bicyclic) bond motifs is 1. The van der Waals surface area contributed by atoms with E-state index in [2.05, 4.69) is 6.92 Å². The summed E-state index contributed by atoms with van der Waals surface area (Å²) >= 11 is 0. The molecular formula is C27H40N4O7. The SMILES string of the molecule is CCCCN(CCN)C(=O)CN1CC(c2cc(OC)c3c(c2)OCO3)C(C(=O)O)C1CCN1CCCC1=O. The van der Waals surface area contributed by atoms with Crippen molar-refractivity contribution in [1.82, 2.24) is 14.7 Å². The first-order valence-electron chi connectivity index (χ1n) is 13.6. The van der Waals surface area contributed by atoms with Gasteiger partial charge in [-0.25, -0.2) is 0 Å². The van der Waals surface area contributed by atoms with Crippen LogP contribution in [0, 0.1) is 5.92 Å². The summed E-state index contributed by atoms with van der Waals surface area (Å²) < 4.78 is 16.6. The van der Waals surface area contributed by atoms with Gasteiger partial charge in [0.15, 0.2) is 11.5 Å². The van der Waals surface area contributed by atoms with Gasteiger partial charge in [-0.05, 0) is 37.0 Å². The van der Waals surface area contributed by atoms with Crippen LogP contribution >= 0.6 is 0 Å². The molecular weight excluding hydrogens is 492 g/mol. The Bertz CT molecular complexity index is 1020. The van der Waals surface area contributed by atoms with Gasteiger partial charge in [-0.3, -0.25) is 19.3 Å². The topological polar surface area (TPSA) is 135 Å². The Morgan fingerprint density at radius 2 is 2.08 bits per heavy atom. The Labute approximate surface area is 223 Å². The van der Waals surface area contributed by atoms with E-state index < -0.39 is 23.8 Å². The van der Waals surface area contributed by atoms with Crippen molar-refractivity contribution in [2.45, 2.75) is 51.0 Å². The third-order valence-corrected chi connectivity index (χ3v) is 7.88. The summed E-state index contributed by atoms with van der Waals surface area (Å²) in [5, 5.41) is 10.4. The highest BCUT2D eigenvalue weighted by atomic mass is 16.7. The van der Waals surface area contributed by atoms with Crippen molar-refractivity contribution < 1.29 is 33.7 Å². The molecule has 38 heavy (non-hydrogen) atoms. The first kappa shape index (κ1) is 28.0. The molecule has 3 N–H and O–H groups in total. The maximum absolute atomic E-state index is 13.4. The quantitative estimate of drug-likeness (QED) is 0.387. The van der Waals surface area contributed by atoms with E-state index in [4.69, 9.17) is 19.9 Å². The van der Waals surface area contributed by atoms with Gasteiger partial charge < -0.3 is 34.9 Å². The van der Waals surface area contributed by atoms with Crippen molar-refractivity contribution in [2.24, 2.45) is 11.7 Å². The molecule has 3 heterocycles. The molecule has 3 aliphatic rings. The lowest BCUT2D eigenvalue weighted by Crippen LogP contribution is -2.46. The number of nitrogens with two attached hydrogens (primary N) is 1. The molecule has 11 nitrogen and oxygen atoms in total. The van der Waals surface area contributed by atoms with E-state index in [-0.39, 0.29) is 25.2 Å². The number of benzene rings is 1. The lowest BCUT2D eigenvalue weighted by atomic mass is 9.84. The van der Waals surface area contributed by atoms with Crippen molar-refractivity contribution in [3.8, 4) is 17.2 Å². The largest absolute Gasteiger partial charge is 0.493 e. The maximum Gasteiger partial charge on any atom is 0.308 e. The van der Waals surface area contributed by atoms with Crippen molar-refractivity contribution >= 4 is 17.8 Å². The van der Waals surface area contributed by atoms with Crippen LogP contribution < -0.4 is 19.9 Å². The smallest absolute Gasteiger partial charge is 0.308 e. The Balaban J connectivity index is 1.62. The number of carboxylic acids is 1. The van der Waals surface area contributed by atoms with E-state index in [1.807, 2.05) is 17.0 Å². The zero-order valence-electron chi connectivity index (χ0n) is 22.4. The summed E-state index contributed by atoms with van der Waals surface area (Å²) in [6, 6.07) is 3.21. The number of rotatable bonds is 13. The van der Waals surface area contributed by atoms with E-state index in [0.717, 1.165) is 24.8 Å². The normalized spacial score (nSPS) is 22.8. The molecule has 0 aliphatic carbocycles. The molecule has 3 unspecified atom stereocenters. The van der Waals surface area contributed by atoms with Crippen LogP contribution in [0.3, 0.4) is 0 Å². The maximum atomic E-state index is 13.4. The Morgan fingerprint density at radius 3 is 2.74 bits per heavy atom.